The van der Waals surface area contributed by atoms with Crippen molar-refractivity contribution in [3.63, 3.8) is 0 Å². The summed E-state index contributed by atoms with van der Waals surface area (Å²) in [4.78, 5) is 26.0. The number of hydrogen-bond donors (Lipinski definition) is 4. The van der Waals surface area contributed by atoms with Crippen molar-refractivity contribution in [2.24, 2.45) is 5.73 Å². The number of β-lactam (4-membered cyclic amide) rings is 1. The Morgan fingerprint density at radius 2 is 1.67 bits per heavy atom. The van der Waals surface area contributed by atoms with Crippen molar-refractivity contribution in [3.05, 3.63) is 59.7 Å². The van der Waals surface area contributed by atoms with Crippen LogP contribution in [-0.2, 0) is 18.7 Å². The number of rotatable bonds is 7. The van der Waals surface area contributed by atoms with E-state index in [4.69, 9.17) is 5.73 Å². The van der Waals surface area contributed by atoms with Crippen LogP contribution in [0, 0.1) is 0 Å². The molecule has 0 spiro atoms. The number of likely N-dealkylation sites (tertiary alicyclic amines) is 1. The molecule has 160 valence electrons. The van der Waals surface area contributed by atoms with E-state index in [1.165, 1.54) is 48.5 Å². The van der Waals surface area contributed by atoms with Gasteiger partial charge in [0.25, 0.3) is 0 Å². The van der Waals surface area contributed by atoms with E-state index in [-0.39, 0.29) is 23.6 Å². The first-order valence-electron chi connectivity index (χ1n) is 8.93. The molecule has 2 aromatic carbocycles. The zero-order valence-electron chi connectivity index (χ0n) is 15.9. The van der Waals surface area contributed by atoms with Gasteiger partial charge in [0.15, 0.2) is 5.78 Å². The van der Waals surface area contributed by atoms with E-state index < -0.39 is 37.4 Å². The predicted octanol–water partition coefficient (Wildman–Crippen LogP) is 1.93. The second-order valence-electron chi connectivity index (χ2n) is 6.79. The maximum Gasteiger partial charge on any atom is 0.393 e. The van der Waals surface area contributed by atoms with Gasteiger partial charge < -0.3 is 30.7 Å². The van der Waals surface area contributed by atoms with Gasteiger partial charge in [-0.3, -0.25) is 14.2 Å². The fourth-order valence-corrected chi connectivity index (χ4v) is 4.41. The monoisotopic (exact) mass is 437 g/mol. The summed E-state index contributed by atoms with van der Waals surface area (Å²) < 4.78 is 31.5. The van der Waals surface area contributed by atoms with E-state index in [1.54, 1.807) is 0 Å². The van der Waals surface area contributed by atoms with Gasteiger partial charge in [-0.2, -0.15) is 4.20 Å². The number of carbonyl (C=O) groups excluding carboxylic acids is 2. The van der Waals surface area contributed by atoms with Gasteiger partial charge in [-0.1, -0.05) is 24.3 Å². The lowest BCUT2D eigenvalue weighted by molar-refractivity contribution is -0.148. The van der Waals surface area contributed by atoms with Gasteiger partial charge in [-0.15, -0.1) is 0 Å². The van der Waals surface area contributed by atoms with Crippen molar-refractivity contribution in [2.45, 2.75) is 17.9 Å². The molecule has 2 amide bonds. The Morgan fingerprint density at radius 3 is 2.13 bits per heavy atom. The number of aromatic hydroxyl groups is 2. The summed E-state index contributed by atoms with van der Waals surface area (Å²) in [6, 6.07) is 8.91. The van der Waals surface area contributed by atoms with Crippen molar-refractivity contribution >= 4 is 19.5 Å². The molecule has 30 heavy (non-hydrogen) atoms. The second kappa shape index (κ2) is 8.43. The third-order valence-electron chi connectivity index (χ3n) is 4.84. The lowest BCUT2D eigenvalue weighted by Gasteiger charge is -2.44. The van der Waals surface area contributed by atoms with Crippen LogP contribution in [0.5, 0.6) is 11.5 Å². The number of benzene rings is 2. The van der Waals surface area contributed by atoms with Crippen LogP contribution in [0.25, 0.3) is 0 Å². The van der Waals surface area contributed by atoms with Gasteiger partial charge in [0, 0.05) is 7.11 Å². The topological polar surface area (TPSA) is 142 Å². The van der Waals surface area contributed by atoms with Crippen LogP contribution in [0.4, 0.5) is 4.20 Å². The Morgan fingerprint density at radius 1 is 1.17 bits per heavy atom. The normalized spacial score (nSPS) is 20.0. The van der Waals surface area contributed by atoms with Crippen LogP contribution in [0.3, 0.4) is 0 Å². The van der Waals surface area contributed by atoms with E-state index in [2.05, 4.69) is 9.84 Å². The van der Waals surface area contributed by atoms with Crippen LogP contribution in [0.1, 0.15) is 23.0 Å². The third kappa shape index (κ3) is 4.30. The molecule has 1 saturated heterocycles. The van der Waals surface area contributed by atoms with Crippen LogP contribution < -0.4 is 11.1 Å². The number of hydrogen-bond acceptors (Lipinski definition) is 7. The third-order valence-corrected chi connectivity index (χ3v) is 6.50. The van der Waals surface area contributed by atoms with Crippen molar-refractivity contribution in [1.29, 1.82) is 0 Å². The molecule has 1 aliphatic heterocycles. The molecule has 0 bridgehead atoms. The molecule has 1 fully saturated rings. The number of halogens is 1. The van der Waals surface area contributed by atoms with Gasteiger partial charge in [0.05, 0.1) is 6.54 Å². The van der Waals surface area contributed by atoms with Crippen LogP contribution >= 0.6 is 7.68 Å². The van der Waals surface area contributed by atoms with Gasteiger partial charge in [0.2, 0.25) is 11.8 Å². The standard InChI is InChI=1S/C19H21FN3O6P/c1-29-30(20,28)19(12-4-8-14(25)9-5-12)23-10-15(18(23)27)22-17(26)16(21)11-2-6-13(24)7-3-11/h2-9,15-16,19,24-25H,10,21H2,1H3,(H,22,26). The number of carbonyl (C=O) groups is 2. The molecule has 1 aliphatic rings. The summed E-state index contributed by atoms with van der Waals surface area (Å²) in [6.45, 7) is -0.102. The number of nitrogens with zero attached hydrogens (tertiary/aromatic N) is 1. The van der Waals surface area contributed by atoms with Gasteiger partial charge in [0.1, 0.15) is 23.6 Å². The lowest BCUT2D eigenvalue weighted by Crippen LogP contribution is -2.65. The lowest BCUT2D eigenvalue weighted by atomic mass is 10.0. The van der Waals surface area contributed by atoms with Crippen LogP contribution in [0.15, 0.2) is 48.5 Å². The molecule has 0 radical (unpaired) electrons. The van der Waals surface area contributed by atoms with E-state index in [9.17, 15) is 28.6 Å². The average Bonchev–Trinajstić information content (AvgIpc) is 2.73. The average molecular weight is 437 g/mol. The molecule has 2 aromatic rings. The maximum absolute atomic E-state index is 14.6. The summed E-state index contributed by atoms with van der Waals surface area (Å²) in [5, 5.41) is 21.2. The predicted molar refractivity (Wildman–Crippen MR) is 105 cm³/mol. The number of nitrogens with one attached hydrogen (secondary N) is 1. The Kier molecular flexibility index (Phi) is 6.12. The maximum atomic E-state index is 14.6. The quantitative estimate of drug-likeness (QED) is 0.383. The molecule has 1 heterocycles. The molecule has 3 rings (SSSR count). The van der Waals surface area contributed by atoms with E-state index in [0.29, 0.717) is 5.56 Å². The molecular formula is C19H21FN3O6P. The highest BCUT2D eigenvalue weighted by atomic mass is 31.2. The number of phenolic OH excluding ortho intramolecular Hbond substituents is 2. The molecule has 0 aliphatic carbocycles. The highest BCUT2D eigenvalue weighted by Crippen LogP contribution is 2.63. The first-order chi connectivity index (χ1) is 14.1. The SMILES string of the molecule is COP(=O)(F)C(c1ccc(O)cc1)N1CC(NC(=O)C(N)c2ccc(O)cc2)C1=O. The smallest absolute Gasteiger partial charge is 0.393 e. The minimum atomic E-state index is -4.75. The summed E-state index contributed by atoms with van der Waals surface area (Å²) >= 11 is 0. The molecule has 4 atom stereocenters. The van der Waals surface area contributed by atoms with Gasteiger partial charge >= 0.3 is 7.68 Å². The van der Waals surface area contributed by atoms with Crippen molar-refractivity contribution in [2.75, 3.05) is 13.7 Å². The van der Waals surface area contributed by atoms with Crippen molar-refractivity contribution < 1.29 is 33.1 Å². The Hall–Kier alpha value is -2.94. The molecular weight excluding hydrogens is 416 g/mol. The minimum Gasteiger partial charge on any atom is -0.508 e. The number of phenols is 2. The van der Waals surface area contributed by atoms with E-state index >= 15 is 0 Å². The largest absolute Gasteiger partial charge is 0.508 e. The van der Waals surface area contributed by atoms with Crippen LogP contribution in [-0.4, -0.2) is 46.6 Å². The van der Waals surface area contributed by atoms with E-state index in [0.717, 1.165) is 12.0 Å². The second-order valence-corrected chi connectivity index (χ2v) is 8.69. The summed E-state index contributed by atoms with van der Waals surface area (Å²) in [5.41, 5.74) is 6.50. The van der Waals surface area contributed by atoms with E-state index in [1.807, 2.05) is 0 Å². The summed E-state index contributed by atoms with van der Waals surface area (Å²) in [6.07, 6.45) is 0. The first kappa shape index (κ1) is 21.8. The molecule has 0 aromatic heterocycles. The molecule has 9 nitrogen and oxygen atoms in total. The summed E-state index contributed by atoms with van der Waals surface area (Å²) in [5.74, 6) is -2.84. The number of nitrogens with two attached hydrogens (primary N) is 1. The van der Waals surface area contributed by atoms with Crippen LogP contribution in [0.2, 0.25) is 0 Å². The Balaban J connectivity index is 1.71. The zero-order chi connectivity index (χ0) is 22.1. The minimum absolute atomic E-state index is 0.0187. The highest BCUT2D eigenvalue weighted by molar-refractivity contribution is 7.53. The zero-order valence-corrected chi connectivity index (χ0v) is 16.8. The highest BCUT2D eigenvalue weighted by Gasteiger charge is 2.50. The fourth-order valence-electron chi connectivity index (χ4n) is 3.15. The summed E-state index contributed by atoms with van der Waals surface area (Å²) in [7, 11) is -3.81. The number of amides is 2. The van der Waals surface area contributed by atoms with Gasteiger partial charge in [-0.05, 0) is 35.4 Å². The molecule has 11 heteroatoms. The van der Waals surface area contributed by atoms with Gasteiger partial charge in [-0.25, -0.2) is 0 Å². The molecule has 5 N–H and O–H groups in total. The first-order valence-corrected chi connectivity index (χ1v) is 10.5. The Labute approximate surface area is 171 Å². The molecule has 0 saturated carbocycles. The fraction of sp³-hybridized carbons (Fsp3) is 0.263. The van der Waals surface area contributed by atoms with Crippen molar-refractivity contribution in [3.8, 4) is 11.5 Å². The van der Waals surface area contributed by atoms with Crippen molar-refractivity contribution in [1.82, 2.24) is 10.2 Å². The molecule has 4 unspecified atom stereocenters. The Bertz CT molecular complexity index is 985.